The zero-order chi connectivity index (χ0) is 13.9. The number of carboxylic acid groups (broad SMARTS) is 1. The first kappa shape index (κ1) is 14.0. The third kappa shape index (κ3) is 2.58. The molecule has 0 fully saturated rings. The molecule has 6 heteroatoms. The number of ether oxygens (including phenoxy) is 3. The van der Waals surface area contributed by atoms with Crippen molar-refractivity contribution >= 4 is 6.16 Å². The van der Waals surface area contributed by atoms with Crippen molar-refractivity contribution in [2.75, 3.05) is 14.2 Å². The number of hydrogen-bond donors (Lipinski definition) is 2. The minimum Gasteiger partial charge on any atom is -0.504 e. The van der Waals surface area contributed by atoms with Crippen LogP contribution in [0.15, 0.2) is 6.07 Å². The van der Waals surface area contributed by atoms with Crippen molar-refractivity contribution in [2.45, 2.75) is 19.8 Å². The average molecular weight is 256 g/mol. The highest BCUT2D eigenvalue weighted by Crippen LogP contribution is 2.47. The highest BCUT2D eigenvalue weighted by Gasteiger charge is 2.23. The Labute approximate surface area is 105 Å². The van der Waals surface area contributed by atoms with Crippen molar-refractivity contribution in [3.05, 3.63) is 11.6 Å². The summed E-state index contributed by atoms with van der Waals surface area (Å²) in [6, 6.07) is 1.27. The van der Waals surface area contributed by atoms with Gasteiger partial charge in [-0.1, -0.05) is 13.8 Å². The Balaban J connectivity index is 3.48. The SMILES string of the molecule is COc1cc(OC(=O)O)c(O)c(C(C)C)c1OC. The second-order valence-electron chi connectivity index (χ2n) is 3.90. The Morgan fingerprint density at radius 2 is 1.83 bits per heavy atom. The van der Waals surface area contributed by atoms with E-state index in [2.05, 4.69) is 4.74 Å². The van der Waals surface area contributed by atoms with Gasteiger partial charge in [-0.2, -0.15) is 0 Å². The molecule has 0 atom stereocenters. The zero-order valence-corrected chi connectivity index (χ0v) is 10.7. The summed E-state index contributed by atoms with van der Waals surface area (Å²) in [5.74, 6) is 0.137. The van der Waals surface area contributed by atoms with Gasteiger partial charge in [0, 0.05) is 11.6 Å². The molecule has 0 saturated heterocycles. The fourth-order valence-electron chi connectivity index (χ4n) is 1.70. The topological polar surface area (TPSA) is 85.2 Å². The van der Waals surface area contributed by atoms with Gasteiger partial charge in [-0.25, -0.2) is 4.79 Å². The second kappa shape index (κ2) is 5.48. The largest absolute Gasteiger partial charge is 0.511 e. The van der Waals surface area contributed by atoms with Crippen LogP contribution < -0.4 is 14.2 Å². The monoisotopic (exact) mass is 256 g/mol. The number of benzene rings is 1. The van der Waals surface area contributed by atoms with Gasteiger partial charge in [0.1, 0.15) is 0 Å². The van der Waals surface area contributed by atoms with E-state index in [-0.39, 0.29) is 17.4 Å². The molecule has 0 aliphatic carbocycles. The summed E-state index contributed by atoms with van der Waals surface area (Å²) >= 11 is 0. The molecular weight excluding hydrogens is 240 g/mol. The highest BCUT2D eigenvalue weighted by molar-refractivity contribution is 5.68. The summed E-state index contributed by atoms with van der Waals surface area (Å²) in [5.41, 5.74) is 0.438. The molecule has 1 rings (SSSR count). The molecule has 0 saturated carbocycles. The van der Waals surface area contributed by atoms with Crippen LogP contribution in [0, 0.1) is 0 Å². The first-order valence-electron chi connectivity index (χ1n) is 5.31. The molecule has 0 radical (unpaired) electrons. The van der Waals surface area contributed by atoms with Gasteiger partial charge < -0.3 is 24.4 Å². The summed E-state index contributed by atoms with van der Waals surface area (Å²) in [5, 5.41) is 18.6. The molecule has 0 amide bonds. The Morgan fingerprint density at radius 3 is 2.22 bits per heavy atom. The van der Waals surface area contributed by atoms with Crippen LogP contribution in [-0.4, -0.2) is 30.6 Å². The van der Waals surface area contributed by atoms with Gasteiger partial charge in [-0.05, 0) is 5.92 Å². The van der Waals surface area contributed by atoms with Crippen molar-refractivity contribution in [3.63, 3.8) is 0 Å². The minimum atomic E-state index is -1.51. The van der Waals surface area contributed by atoms with Crippen LogP contribution in [0.2, 0.25) is 0 Å². The van der Waals surface area contributed by atoms with Gasteiger partial charge in [-0.15, -0.1) is 0 Å². The number of hydrogen-bond acceptors (Lipinski definition) is 5. The molecule has 0 aliphatic rings. The lowest BCUT2D eigenvalue weighted by atomic mass is 9.99. The van der Waals surface area contributed by atoms with Gasteiger partial charge in [-0.3, -0.25) is 0 Å². The number of carbonyl (C=O) groups is 1. The number of methoxy groups -OCH3 is 2. The van der Waals surface area contributed by atoms with E-state index >= 15 is 0 Å². The molecule has 0 heterocycles. The van der Waals surface area contributed by atoms with Crippen LogP contribution in [0.5, 0.6) is 23.0 Å². The van der Waals surface area contributed by atoms with Crippen molar-refractivity contribution in [1.29, 1.82) is 0 Å². The zero-order valence-electron chi connectivity index (χ0n) is 10.7. The molecule has 0 unspecified atom stereocenters. The Kier molecular flexibility index (Phi) is 4.25. The van der Waals surface area contributed by atoms with E-state index in [0.29, 0.717) is 17.1 Å². The lowest BCUT2D eigenvalue weighted by molar-refractivity contribution is 0.142. The standard InChI is InChI=1S/C12H16O6/c1-6(2)9-10(13)7(18-12(14)15)5-8(16-3)11(9)17-4/h5-6,13H,1-4H3,(H,14,15). The second-order valence-corrected chi connectivity index (χ2v) is 3.90. The van der Waals surface area contributed by atoms with Crippen molar-refractivity contribution < 1.29 is 29.2 Å². The molecule has 1 aromatic rings. The fraction of sp³-hybridized carbons (Fsp3) is 0.417. The van der Waals surface area contributed by atoms with Crippen LogP contribution >= 0.6 is 0 Å². The molecule has 18 heavy (non-hydrogen) atoms. The maximum Gasteiger partial charge on any atom is 0.511 e. The minimum absolute atomic E-state index is 0.0915. The Bertz CT molecular complexity index is 452. The van der Waals surface area contributed by atoms with Crippen LogP contribution in [0.25, 0.3) is 0 Å². The first-order chi connectivity index (χ1) is 8.42. The molecule has 6 nitrogen and oxygen atoms in total. The fourth-order valence-corrected chi connectivity index (χ4v) is 1.70. The van der Waals surface area contributed by atoms with Crippen molar-refractivity contribution in [1.82, 2.24) is 0 Å². The van der Waals surface area contributed by atoms with Crippen molar-refractivity contribution in [3.8, 4) is 23.0 Å². The summed E-state index contributed by atoms with van der Waals surface area (Å²) in [6.45, 7) is 3.67. The lowest BCUT2D eigenvalue weighted by Crippen LogP contribution is -2.06. The van der Waals surface area contributed by atoms with Gasteiger partial charge in [0.2, 0.25) is 0 Å². The predicted molar refractivity (Wildman–Crippen MR) is 64.0 cm³/mol. The van der Waals surface area contributed by atoms with Gasteiger partial charge in [0.15, 0.2) is 23.0 Å². The maximum atomic E-state index is 10.6. The summed E-state index contributed by atoms with van der Waals surface area (Å²) in [7, 11) is 2.87. The van der Waals surface area contributed by atoms with E-state index in [9.17, 15) is 9.90 Å². The molecule has 100 valence electrons. The predicted octanol–water partition coefficient (Wildman–Crippen LogP) is 2.59. The normalized spacial score (nSPS) is 10.3. The van der Waals surface area contributed by atoms with Gasteiger partial charge in [0.25, 0.3) is 0 Å². The first-order valence-corrected chi connectivity index (χ1v) is 5.31. The highest BCUT2D eigenvalue weighted by atomic mass is 16.7. The van der Waals surface area contributed by atoms with Gasteiger partial charge >= 0.3 is 6.16 Å². The summed E-state index contributed by atoms with van der Waals surface area (Å²) in [4.78, 5) is 10.6. The molecule has 0 aromatic heterocycles. The molecule has 1 aromatic carbocycles. The number of phenolic OH excluding ortho intramolecular Hbond substituents is 1. The molecule has 0 spiro atoms. The van der Waals surface area contributed by atoms with E-state index < -0.39 is 6.16 Å². The average Bonchev–Trinajstić information content (AvgIpc) is 2.29. The molecule has 2 N–H and O–H groups in total. The van der Waals surface area contributed by atoms with Crippen LogP contribution in [-0.2, 0) is 0 Å². The van der Waals surface area contributed by atoms with E-state index in [4.69, 9.17) is 14.6 Å². The van der Waals surface area contributed by atoms with Gasteiger partial charge in [0.05, 0.1) is 14.2 Å². The Morgan fingerprint density at radius 1 is 1.22 bits per heavy atom. The maximum absolute atomic E-state index is 10.6. The van der Waals surface area contributed by atoms with Crippen molar-refractivity contribution in [2.24, 2.45) is 0 Å². The number of rotatable bonds is 4. The molecular formula is C12H16O6. The number of phenols is 1. The van der Waals surface area contributed by atoms with Crippen LogP contribution in [0.1, 0.15) is 25.3 Å². The third-order valence-corrected chi connectivity index (χ3v) is 2.42. The van der Waals surface area contributed by atoms with E-state index in [1.807, 2.05) is 13.8 Å². The molecule has 0 aliphatic heterocycles. The smallest absolute Gasteiger partial charge is 0.504 e. The van der Waals surface area contributed by atoms with Crippen LogP contribution in [0.3, 0.4) is 0 Å². The van der Waals surface area contributed by atoms with E-state index in [0.717, 1.165) is 0 Å². The number of aromatic hydroxyl groups is 1. The Hall–Kier alpha value is -2.11. The quantitative estimate of drug-likeness (QED) is 0.636. The van der Waals surface area contributed by atoms with Crippen LogP contribution in [0.4, 0.5) is 4.79 Å². The van der Waals surface area contributed by atoms with E-state index in [1.165, 1.54) is 20.3 Å². The molecule has 0 bridgehead atoms. The third-order valence-electron chi connectivity index (χ3n) is 2.42. The summed E-state index contributed by atoms with van der Waals surface area (Å²) < 4.78 is 14.8. The van der Waals surface area contributed by atoms with E-state index in [1.54, 1.807) is 0 Å². The summed E-state index contributed by atoms with van der Waals surface area (Å²) in [6.07, 6.45) is -1.51. The lowest BCUT2D eigenvalue weighted by Gasteiger charge is -2.18.